The van der Waals surface area contributed by atoms with E-state index in [2.05, 4.69) is 20.5 Å². The van der Waals surface area contributed by atoms with Crippen molar-refractivity contribution in [1.82, 2.24) is 10.5 Å². The molecular weight excluding hydrogens is 186 g/mol. The number of amides is 1. The van der Waals surface area contributed by atoms with Crippen LogP contribution in [0.25, 0.3) is 10.4 Å². The zero-order chi connectivity index (χ0) is 10.4. The number of carbonyl (C=O) groups is 1. The second kappa shape index (κ2) is 4.88. The molecule has 7 heteroatoms. The summed E-state index contributed by atoms with van der Waals surface area (Å²) in [6.45, 7) is 2.22. The Bertz CT molecular complexity index is 366. The van der Waals surface area contributed by atoms with E-state index >= 15 is 0 Å². The van der Waals surface area contributed by atoms with E-state index in [9.17, 15) is 4.79 Å². The molecule has 1 heterocycles. The van der Waals surface area contributed by atoms with Gasteiger partial charge in [-0.15, -0.1) is 0 Å². The van der Waals surface area contributed by atoms with Gasteiger partial charge in [0.25, 0.3) is 5.91 Å². The van der Waals surface area contributed by atoms with Gasteiger partial charge in [-0.3, -0.25) is 4.79 Å². The molecule has 0 saturated heterocycles. The minimum atomic E-state index is -0.354. The minimum Gasteiger partial charge on any atom is -0.351 e. The lowest BCUT2D eigenvalue weighted by Crippen LogP contribution is -2.26. The maximum atomic E-state index is 11.3. The molecule has 0 aliphatic rings. The van der Waals surface area contributed by atoms with Gasteiger partial charge in [-0.25, -0.2) is 0 Å². The second-order valence-electron chi connectivity index (χ2n) is 2.55. The summed E-state index contributed by atoms with van der Waals surface area (Å²) < 4.78 is 4.72. The molecule has 0 aliphatic heterocycles. The van der Waals surface area contributed by atoms with Gasteiger partial charge in [0.2, 0.25) is 5.76 Å². The minimum absolute atomic E-state index is 0.186. The fraction of sp³-hybridized carbons (Fsp3) is 0.429. The average Bonchev–Trinajstić information content (AvgIpc) is 2.59. The summed E-state index contributed by atoms with van der Waals surface area (Å²) in [5.74, 6) is -0.168. The molecule has 0 aromatic carbocycles. The molecule has 14 heavy (non-hydrogen) atoms. The van der Waals surface area contributed by atoms with E-state index in [-0.39, 0.29) is 24.8 Å². The standard InChI is InChI=1S/C7H9N5O2/c1-5-4-11-14-6(5)7(13)9-2-3-10-12-8/h4H,2-3H2,1H3,(H,9,13). The quantitative estimate of drug-likeness (QED) is 0.335. The number of aryl methyl sites for hydroxylation is 1. The third-order valence-corrected chi connectivity index (χ3v) is 1.52. The van der Waals surface area contributed by atoms with Gasteiger partial charge in [-0.05, 0) is 12.5 Å². The third kappa shape index (κ3) is 2.49. The zero-order valence-electron chi connectivity index (χ0n) is 7.60. The van der Waals surface area contributed by atoms with Gasteiger partial charge in [-0.1, -0.05) is 10.3 Å². The fourth-order valence-corrected chi connectivity index (χ4v) is 0.854. The molecule has 1 amide bonds. The van der Waals surface area contributed by atoms with Gasteiger partial charge < -0.3 is 9.84 Å². The molecule has 0 saturated carbocycles. The Hall–Kier alpha value is -2.01. The van der Waals surface area contributed by atoms with E-state index in [0.29, 0.717) is 5.56 Å². The maximum absolute atomic E-state index is 11.3. The van der Waals surface area contributed by atoms with Crippen molar-refractivity contribution in [3.63, 3.8) is 0 Å². The number of hydrogen-bond donors (Lipinski definition) is 1. The van der Waals surface area contributed by atoms with Gasteiger partial charge in [0.15, 0.2) is 0 Å². The number of rotatable bonds is 4. The van der Waals surface area contributed by atoms with Crippen molar-refractivity contribution in [3.8, 4) is 0 Å². The van der Waals surface area contributed by atoms with Crippen molar-refractivity contribution in [2.24, 2.45) is 5.11 Å². The third-order valence-electron chi connectivity index (χ3n) is 1.52. The molecule has 0 bridgehead atoms. The first-order valence-electron chi connectivity index (χ1n) is 3.96. The Morgan fingerprint density at radius 2 is 2.64 bits per heavy atom. The molecule has 1 rings (SSSR count). The lowest BCUT2D eigenvalue weighted by atomic mass is 10.3. The highest BCUT2D eigenvalue weighted by Gasteiger charge is 2.12. The molecule has 0 aliphatic carbocycles. The lowest BCUT2D eigenvalue weighted by molar-refractivity contribution is 0.0917. The van der Waals surface area contributed by atoms with Crippen LogP contribution in [0.2, 0.25) is 0 Å². The molecule has 0 radical (unpaired) electrons. The SMILES string of the molecule is Cc1cnoc1C(=O)NCCN=[N+]=[N-]. The molecule has 7 nitrogen and oxygen atoms in total. The van der Waals surface area contributed by atoms with E-state index in [1.807, 2.05) is 0 Å². The number of nitrogens with zero attached hydrogens (tertiary/aromatic N) is 4. The number of aromatic nitrogens is 1. The highest BCUT2D eigenvalue weighted by Crippen LogP contribution is 2.04. The topological polar surface area (TPSA) is 104 Å². The van der Waals surface area contributed by atoms with Crippen LogP contribution >= 0.6 is 0 Å². The Balaban J connectivity index is 2.43. The van der Waals surface area contributed by atoms with E-state index in [0.717, 1.165) is 0 Å². The molecular formula is C7H9N5O2. The normalized spacial score (nSPS) is 9.21. The Morgan fingerprint density at radius 3 is 3.21 bits per heavy atom. The van der Waals surface area contributed by atoms with Crippen molar-refractivity contribution >= 4 is 5.91 Å². The molecule has 1 N–H and O–H groups in total. The smallest absolute Gasteiger partial charge is 0.290 e. The van der Waals surface area contributed by atoms with E-state index in [1.165, 1.54) is 6.20 Å². The van der Waals surface area contributed by atoms with Crippen LogP contribution in [-0.2, 0) is 0 Å². The van der Waals surface area contributed by atoms with E-state index in [4.69, 9.17) is 10.1 Å². The van der Waals surface area contributed by atoms with Crippen molar-refractivity contribution in [2.75, 3.05) is 13.1 Å². The molecule has 1 aromatic heterocycles. The number of azide groups is 1. The predicted octanol–water partition coefficient (Wildman–Crippen LogP) is 1.02. The number of nitrogens with one attached hydrogen (secondary N) is 1. The van der Waals surface area contributed by atoms with Crippen LogP contribution in [0.1, 0.15) is 16.1 Å². The van der Waals surface area contributed by atoms with Crippen molar-refractivity contribution in [1.29, 1.82) is 0 Å². The Labute approximate surface area is 79.7 Å². The van der Waals surface area contributed by atoms with Crippen LogP contribution in [0.15, 0.2) is 15.8 Å². The van der Waals surface area contributed by atoms with Gasteiger partial charge in [0.1, 0.15) is 0 Å². The Kier molecular flexibility index (Phi) is 3.51. The largest absolute Gasteiger partial charge is 0.351 e. The van der Waals surface area contributed by atoms with E-state index < -0.39 is 0 Å². The first-order chi connectivity index (χ1) is 6.75. The monoisotopic (exact) mass is 195 g/mol. The van der Waals surface area contributed by atoms with Crippen LogP contribution in [0.5, 0.6) is 0 Å². The molecule has 1 aromatic rings. The summed E-state index contributed by atoms with van der Waals surface area (Å²) in [6.07, 6.45) is 1.46. The summed E-state index contributed by atoms with van der Waals surface area (Å²) in [5, 5.41) is 9.26. The molecule has 0 unspecified atom stereocenters. The van der Waals surface area contributed by atoms with Crippen LogP contribution < -0.4 is 5.32 Å². The highest BCUT2D eigenvalue weighted by atomic mass is 16.5. The molecule has 74 valence electrons. The van der Waals surface area contributed by atoms with E-state index in [1.54, 1.807) is 6.92 Å². The van der Waals surface area contributed by atoms with Gasteiger partial charge in [0, 0.05) is 23.6 Å². The molecule has 0 fully saturated rings. The van der Waals surface area contributed by atoms with Gasteiger partial charge in [-0.2, -0.15) is 0 Å². The summed E-state index contributed by atoms with van der Waals surface area (Å²) in [7, 11) is 0. The predicted molar refractivity (Wildman–Crippen MR) is 47.6 cm³/mol. The van der Waals surface area contributed by atoms with Gasteiger partial charge in [0.05, 0.1) is 6.20 Å². The Morgan fingerprint density at radius 1 is 1.86 bits per heavy atom. The van der Waals surface area contributed by atoms with Crippen LogP contribution in [-0.4, -0.2) is 24.2 Å². The summed E-state index contributed by atoms with van der Waals surface area (Å²) in [5.41, 5.74) is 8.65. The summed E-state index contributed by atoms with van der Waals surface area (Å²) in [6, 6.07) is 0. The van der Waals surface area contributed by atoms with Crippen LogP contribution in [0, 0.1) is 6.92 Å². The summed E-state index contributed by atoms with van der Waals surface area (Å²) in [4.78, 5) is 13.9. The van der Waals surface area contributed by atoms with Crippen LogP contribution in [0.4, 0.5) is 0 Å². The van der Waals surface area contributed by atoms with Crippen molar-refractivity contribution in [2.45, 2.75) is 6.92 Å². The van der Waals surface area contributed by atoms with Crippen LogP contribution in [0.3, 0.4) is 0 Å². The fourth-order valence-electron chi connectivity index (χ4n) is 0.854. The van der Waals surface area contributed by atoms with Gasteiger partial charge >= 0.3 is 0 Å². The maximum Gasteiger partial charge on any atom is 0.290 e. The van der Waals surface area contributed by atoms with Crippen molar-refractivity contribution in [3.05, 3.63) is 28.0 Å². The average molecular weight is 195 g/mol. The first-order valence-corrected chi connectivity index (χ1v) is 3.96. The van der Waals surface area contributed by atoms with Crippen molar-refractivity contribution < 1.29 is 9.32 Å². The highest BCUT2D eigenvalue weighted by molar-refractivity contribution is 5.92. The zero-order valence-corrected chi connectivity index (χ0v) is 7.60. The second-order valence-corrected chi connectivity index (χ2v) is 2.55. The summed E-state index contributed by atoms with van der Waals surface area (Å²) >= 11 is 0. The molecule has 0 spiro atoms. The molecule has 0 atom stereocenters. The lowest BCUT2D eigenvalue weighted by Gasteiger charge is -1.98. The first kappa shape index (κ1) is 10.1. The number of hydrogen-bond acceptors (Lipinski definition) is 4. The number of carbonyl (C=O) groups excluding carboxylic acids is 1.